The predicted molar refractivity (Wildman–Crippen MR) is 104 cm³/mol. The zero-order valence-corrected chi connectivity index (χ0v) is 15.5. The molecule has 8 nitrogen and oxygen atoms in total. The Labute approximate surface area is 165 Å². The fourth-order valence-electron chi connectivity index (χ4n) is 2.61. The van der Waals surface area contributed by atoms with Gasteiger partial charge in [-0.15, -0.1) is 0 Å². The number of carbonyl (C=O) groups excluding carboxylic acids is 1. The van der Waals surface area contributed by atoms with Gasteiger partial charge in [0.1, 0.15) is 23.6 Å². The van der Waals surface area contributed by atoms with E-state index in [0.717, 1.165) is 5.69 Å². The highest BCUT2D eigenvalue weighted by Gasteiger charge is 2.14. The fourth-order valence-corrected chi connectivity index (χ4v) is 2.87. The highest BCUT2D eigenvalue weighted by atomic mass is 35.5. The predicted octanol–water partition coefficient (Wildman–Crippen LogP) is 3.86. The highest BCUT2D eigenvalue weighted by Crippen LogP contribution is 2.35. The molecule has 4 rings (SSSR count). The van der Waals surface area contributed by atoms with Crippen LogP contribution < -0.4 is 24.8 Å². The molecule has 0 aliphatic carbocycles. The quantitative estimate of drug-likeness (QED) is 0.673. The third-order valence-electron chi connectivity index (χ3n) is 3.95. The minimum atomic E-state index is -0.391. The lowest BCUT2D eigenvalue weighted by Crippen LogP contribution is -2.14. The van der Waals surface area contributed by atoms with E-state index in [-0.39, 0.29) is 12.5 Å². The summed E-state index contributed by atoms with van der Waals surface area (Å²) in [7, 11) is 1.52. The third-order valence-corrected chi connectivity index (χ3v) is 4.25. The first-order valence-electron chi connectivity index (χ1n) is 8.26. The zero-order chi connectivity index (χ0) is 19.5. The van der Waals surface area contributed by atoms with Crippen LogP contribution in [0.4, 0.5) is 17.2 Å². The molecule has 0 atom stereocenters. The molecule has 2 N–H and O–H groups in total. The number of methoxy groups -OCH3 is 1. The number of benzene rings is 2. The Hall–Kier alpha value is -3.52. The first-order chi connectivity index (χ1) is 13.6. The molecule has 1 aliphatic heterocycles. The Morgan fingerprint density at radius 3 is 2.71 bits per heavy atom. The van der Waals surface area contributed by atoms with Crippen LogP contribution in [0.15, 0.2) is 48.8 Å². The third kappa shape index (κ3) is 3.77. The van der Waals surface area contributed by atoms with Crippen molar-refractivity contribution in [2.45, 2.75) is 0 Å². The molecule has 1 aromatic heterocycles. The Balaban J connectivity index is 1.48. The molecule has 0 unspecified atom stereocenters. The molecule has 1 aliphatic rings. The number of amides is 1. The molecule has 0 radical (unpaired) electrons. The van der Waals surface area contributed by atoms with Crippen molar-refractivity contribution in [1.82, 2.24) is 9.97 Å². The SMILES string of the molecule is COc1ccc(NC(=O)c2cc(Nc3ccc4c(c3)OCO4)ncn2)cc1Cl. The monoisotopic (exact) mass is 398 g/mol. The van der Waals surface area contributed by atoms with Gasteiger partial charge >= 0.3 is 0 Å². The first kappa shape index (κ1) is 17.9. The van der Waals surface area contributed by atoms with Gasteiger partial charge in [0.15, 0.2) is 11.5 Å². The minimum absolute atomic E-state index is 0.199. The summed E-state index contributed by atoms with van der Waals surface area (Å²) in [6, 6.07) is 11.9. The maximum atomic E-state index is 12.5. The maximum absolute atomic E-state index is 12.5. The van der Waals surface area contributed by atoms with Gasteiger partial charge in [-0.25, -0.2) is 9.97 Å². The Kier molecular flexibility index (Phi) is 4.86. The molecule has 28 heavy (non-hydrogen) atoms. The van der Waals surface area contributed by atoms with Crippen LogP contribution in [0.3, 0.4) is 0 Å². The van der Waals surface area contributed by atoms with Crippen LogP contribution in [0, 0.1) is 0 Å². The van der Waals surface area contributed by atoms with Gasteiger partial charge in [-0.3, -0.25) is 4.79 Å². The van der Waals surface area contributed by atoms with E-state index < -0.39 is 5.91 Å². The smallest absolute Gasteiger partial charge is 0.274 e. The first-order valence-corrected chi connectivity index (χ1v) is 8.64. The lowest BCUT2D eigenvalue weighted by atomic mass is 10.2. The number of nitrogens with zero attached hydrogens (tertiary/aromatic N) is 2. The molecule has 0 spiro atoms. The molecule has 0 fully saturated rings. The molecule has 3 aromatic rings. The van der Waals surface area contributed by atoms with Gasteiger partial charge in [-0.1, -0.05) is 11.6 Å². The molecule has 0 saturated carbocycles. The van der Waals surface area contributed by atoms with Crippen molar-refractivity contribution in [3.63, 3.8) is 0 Å². The van der Waals surface area contributed by atoms with Crippen LogP contribution in [0.1, 0.15) is 10.5 Å². The van der Waals surface area contributed by atoms with Crippen LogP contribution in [0.25, 0.3) is 0 Å². The molecule has 9 heteroatoms. The van der Waals surface area contributed by atoms with E-state index in [1.807, 2.05) is 6.07 Å². The lowest BCUT2D eigenvalue weighted by Gasteiger charge is -2.09. The maximum Gasteiger partial charge on any atom is 0.274 e. The Bertz CT molecular complexity index is 1040. The van der Waals surface area contributed by atoms with Crippen molar-refractivity contribution >= 4 is 34.7 Å². The number of carbonyl (C=O) groups is 1. The summed E-state index contributed by atoms with van der Waals surface area (Å²) < 4.78 is 15.7. The summed E-state index contributed by atoms with van der Waals surface area (Å²) in [5.74, 6) is 1.93. The molecular formula is C19H15ClN4O4. The van der Waals surface area contributed by atoms with Gasteiger partial charge in [0.05, 0.1) is 12.1 Å². The van der Waals surface area contributed by atoms with Crippen LogP contribution in [-0.4, -0.2) is 29.8 Å². The molecule has 1 amide bonds. The number of nitrogens with one attached hydrogen (secondary N) is 2. The van der Waals surface area contributed by atoms with E-state index in [2.05, 4.69) is 20.6 Å². The van der Waals surface area contributed by atoms with Gasteiger partial charge < -0.3 is 24.8 Å². The van der Waals surface area contributed by atoms with Crippen molar-refractivity contribution in [3.8, 4) is 17.2 Å². The standard InChI is InChI=1S/C19H15ClN4O4/c1-26-15-4-2-11(6-13(15)20)24-19(25)14-8-18(22-9-21-14)23-12-3-5-16-17(7-12)28-10-27-16/h2-9H,10H2,1H3,(H,24,25)(H,21,22,23). The summed E-state index contributed by atoms with van der Waals surface area (Å²) >= 11 is 6.08. The number of rotatable bonds is 5. The molecule has 2 aromatic carbocycles. The van der Waals surface area contributed by atoms with Crippen molar-refractivity contribution < 1.29 is 19.0 Å². The fraction of sp³-hybridized carbons (Fsp3) is 0.105. The molecule has 142 valence electrons. The Morgan fingerprint density at radius 1 is 1.07 bits per heavy atom. The van der Waals surface area contributed by atoms with E-state index in [1.165, 1.54) is 13.4 Å². The second kappa shape index (κ2) is 7.61. The molecule has 0 bridgehead atoms. The van der Waals surface area contributed by atoms with Crippen LogP contribution in [-0.2, 0) is 0 Å². The van der Waals surface area contributed by atoms with Gasteiger partial charge in [-0.2, -0.15) is 0 Å². The second-order valence-corrected chi connectivity index (χ2v) is 6.19. The summed E-state index contributed by atoms with van der Waals surface area (Å²) in [5, 5.41) is 6.25. The van der Waals surface area contributed by atoms with Gasteiger partial charge in [0.25, 0.3) is 5.91 Å². The minimum Gasteiger partial charge on any atom is -0.495 e. The van der Waals surface area contributed by atoms with E-state index in [0.29, 0.717) is 33.8 Å². The van der Waals surface area contributed by atoms with E-state index in [1.54, 1.807) is 36.4 Å². The molecule has 0 saturated heterocycles. The van der Waals surface area contributed by atoms with E-state index >= 15 is 0 Å². The van der Waals surface area contributed by atoms with Gasteiger partial charge in [0.2, 0.25) is 6.79 Å². The summed E-state index contributed by atoms with van der Waals surface area (Å²) in [6.45, 7) is 0.200. The number of fused-ring (bicyclic) bond motifs is 1. The molecule has 2 heterocycles. The van der Waals surface area contributed by atoms with E-state index in [4.69, 9.17) is 25.8 Å². The van der Waals surface area contributed by atoms with Crippen molar-refractivity contribution in [1.29, 1.82) is 0 Å². The largest absolute Gasteiger partial charge is 0.495 e. The summed E-state index contributed by atoms with van der Waals surface area (Å²) in [6.07, 6.45) is 1.31. The lowest BCUT2D eigenvalue weighted by molar-refractivity contribution is 0.102. The normalized spacial score (nSPS) is 11.8. The zero-order valence-electron chi connectivity index (χ0n) is 14.7. The number of hydrogen-bond acceptors (Lipinski definition) is 7. The average molecular weight is 399 g/mol. The second-order valence-electron chi connectivity index (χ2n) is 5.78. The van der Waals surface area contributed by atoms with Crippen molar-refractivity contribution in [2.24, 2.45) is 0 Å². The Morgan fingerprint density at radius 2 is 1.89 bits per heavy atom. The number of ether oxygens (including phenoxy) is 3. The van der Waals surface area contributed by atoms with Crippen LogP contribution >= 0.6 is 11.6 Å². The average Bonchev–Trinajstić information content (AvgIpc) is 3.16. The number of hydrogen-bond donors (Lipinski definition) is 2. The summed E-state index contributed by atoms with van der Waals surface area (Å²) in [5.41, 5.74) is 1.47. The van der Waals surface area contributed by atoms with Gasteiger partial charge in [0, 0.05) is 23.5 Å². The summed E-state index contributed by atoms with van der Waals surface area (Å²) in [4.78, 5) is 20.7. The number of halogens is 1. The van der Waals surface area contributed by atoms with Crippen LogP contribution in [0.2, 0.25) is 5.02 Å². The molecular weight excluding hydrogens is 384 g/mol. The van der Waals surface area contributed by atoms with Crippen LogP contribution in [0.5, 0.6) is 17.2 Å². The van der Waals surface area contributed by atoms with E-state index in [9.17, 15) is 4.79 Å². The van der Waals surface area contributed by atoms with Crippen molar-refractivity contribution in [2.75, 3.05) is 24.5 Å². The highest BCUT2D eigenvalue weighted by molar-refractivity contribution is 6.32. The number of anilines is 3. The number of aromatic nitrogens is 2. The van der Waals surface area contributed by atoms with Gasteiger partial charge in [-0.05, 0) is 30.3 Å². The van der Waals surface area contributed by atoms with Crippen molar-refractivity contribution in [3.05, 3.63) is 59.5 Å². The topological polar surface area (TPSA) is 94.6 Å².